The number of nitrogens with two attached hydrogens (primary N) is 1. The van der Waals surface area contributed by atoms with E-state index in [1.807, 2.05) is 6.92 Å². The van der Waals surface area contributed by atoms with Crippen LogP contribution in [0.4, 0.5) is 0 Å². The van der Waals surface area contributed by atoms with E-state index in [1.165, 1.54) is 0 Å². The minimum absolute atomic E-state index is 0.0901. The Bertz CT molecular complexity index is 589. The molecule has 1 saturated heterocycles. The molecule has 0 saturated carbocycles. The molecule has 0 amide bonds. The highest BCUT2D eigenvalue weighted by Gasteiger charge is 2.34. The third kappa shape index (κ3) is 3.08. The average molecular weight is 361 g/mol. The number of aryl methyl sites for hydroxylation is 1. The van der Waals surface area contributed by atoms with Crippen molar-refractivity contribution in [1.29, 1.82) is 0 Å². The van der Waals surface area contributed by atoms with Gasteiger partial charge in [0.2, 0.25) is 10.0 Å². The number of benzene rings is 1. The van der Waals surface area contributed by atoms with Gasteiger partial charge in [0.05, 0.1) is 4.90 Å². The predicted molar refractivity (Wildman–Crippen MR) is 84.0 cm³/mol. The number of rotatable bonds is 3. The van der Waals surface area contributed by atoms with Crippen LogP contribution in [0.2, 0.25) is 0 Å². The molecular formula is C14H21BrN2O2S. The van der Waals surface area contributed by atoms with Gasteiger partial charge in [0.15, 0.2) is 0 Å². The summed E-state index contributed by atoms with van der Waals surface area (Å²) in [5.74, 6) is 0.529. The lowest BCUT2D eigenvalue weighted by atomic mass is 9.94. The van der Waals surface area contributed by atoms with Gasteiger partial charge < -0.3 is 5.73 Å². The summed E-state index contributed by atoms with van der Waals surface area (Å²) in [7, 11) is -3.45. The maximum atomic E-state index is 12.8. The van der Waals surface area contributed by atoms with E-state index in [-0.39, 0.29) is 6.04 Å². The number of halogens is 1. The minimum Gasteiger partial charge on any atom is -0.329 e. The number of sulfonamides is 1. The molecule has 2 atom stereocenters. The van der Waals surface area contributed by atoms with E-state index in [1.54, 1.807) is 22.5 Å². The van der Waals surface area contributed by atoms with E-state index < -0.39 is 10.0 Å². The van der Waals surface area contributed by atoms with Gasteiger partial charge >= 0.3 is 0 Å². The number of hydrogen-bond donors (Lipinski definition) is 1. The summed E-state index contributed by atoms with van der Waals surface area (Å²) >= 11 is 3.40. The highest BCUT2D eigenvalue weighted by Crippen LogP contribution is 2.29. The molecule has 6 heteroatoms. The molecule has 4 nitrogen and oxygen atoms in total. The molecular weight excluding hydrogens is 340 g/mol. The number of hydrogen-bond acceptors (Lipinski definition) is 3. The van der Waals surface area contributed by atoms with Crippen LogP contribution in [0.1, 0.15) is 25.3 Å². The monoisotopic (exact) mass is 360 g/mol. The molecule has 1 aromatic rings. The SMILES string of the molecule is Cc1cc(S(=O)(=O)N2CCC(C)CC2CN)ccc1Br. The van der Waals surface area contributed by atoms with E-state index >= 15 is 0 Å². The Morgan fingerprint density at radius 2 is 2.15 bits per heavy atom. The summed E-state index contributed by atoms with van der Waals surface area (Å²) in [4.78, 5) is 0.353. The van der Waals surface area contributed by atoms with Crippen molar-refractivity contribution in [3.63, 3.8) is 0 Å². The molecule has 0 aliphatic carbocycles. The number of piperidine rings is 1. The van der Waals surface area contributed by atoms with Gasteiger partial charge in [-0.25, -0.2) is 8.42 Å². The third-order valence-electron chi connectivity index (χ3n) is 3.93. The standard InChI is InChI=1S/C14H21BrN2O2S/c1-10-5-6-17(12(7-10)9-16)20(18,19)13-3-4-14(15)11(2)8-13/h3-4,8,10,12H,5-7,9,16H2,1-2H3. The third-order valence-corrected chi connectivity index (χ3v) is 6.77. The van der Waals surface area contributed by atoms with E-state index in [9.17, 15) is 8.42 Å². The summed E-state index contributed by atoms with van der Waals surface area (Å²) in [6.45, 7) is 4.97. The van der Waals surface area contributed by atoms with Crippen LogP contribution < -0.4 is 5.73 Å². The van der Waals surface area contributed by atoms with Crippen LogP contribution in [-0.2, 0) is 10.0 Å². The topological polar surface area (TPSA) is 63.4 Å². The van der Waals surface area contributed by atoms with Gasteiger partial charge in [-0.1, -0.05) is 22.9 Å². The zero-order valence-corrected chi connectivity index (χ0v) is 14.2. The lowest BCUT2D eigenvalue weighted by Gasteiger charge is -2.36. The van der Waals surface area contributed by atoms with Crippen molar-refractivity contribution in [3.05, 3.63) is 28.2 Å². The van der Waals surface area contributed by atoms with Crippen molar-refractivity contribution in [3.8, 4) is 0 Å². The lowest BCUT2D eigenvalue weighted by Crippen LogP contribution is -2.49. The molecule has 1 heterocycles. The molecule has 112 valence electrons. The Labute approximate surface area is 129 Å². The molecule has 0 radical (unpaired) electrons. The Morgan fingerprint density at radius 1 is 1.45 bits per heavy atom. The Kier molecular flexibility index (Phi) is 4.89. The van der Waals surface area contributed by atoms with Gasteiger partial charge in [0, 0.05) is 23.6 Å². The molecule has 0 spiro atoms. The fraction of sp³-hybridized carbons (Fsp3) is 0.571. The van der Waals surface area contributed by atoms with Gasteiger partial charge in [0.25, 0.3) is 0 Å². The second-order valence-electron chi connectivity index (χ2n) is 5.55. The molecule has 1 aliphatic heterocycles. The van der Waals surface area contributed by atoms with Gasteiger partial charge in [0.1, 0.15) is 0 Å². The number of nitrogens with zero attached hydrogens (tertiary/aromatic N) is 1. The van der Waals surface area contributed by atoms with Crippen LogP contribution in [-0.4, -0.2) is 31.9 Å². The van der Waals surface area contributed by atoms with Crippen LogP contribution in [0.25, 0.3) is 0 Å². The first-order valence-electron chi connectivity index (χ1n) is 6.84. The highest BCUT2D eigenvalue weighted by molar-refractivity contribution is 9.10. The largest absolute Gasteiger partial charge is 0.329 e. The van der Waals surface area contributed by atoms with Crippen LogP contribution in [0.5, 0.6) is 0 Å². The van der Waals surface area contributed by atoms with Crippen LogP contribution in [0.3, 0.4) is 0 Å². The maximum Gasteiger partial charge on any atom is 0.243 e. The lowest BCUT2D eigenvalue weighted by molar-refractivity contribution is 0.211. The van der Waals surface area contributed by atoms with Crippen molar-refractivity contribution in [1.82, 2.24) is 4.31 Å². The molecule has 1 fully saturated rings. The predicted octanol–water partition coefficient (Wildman–Crippen LogP) is 2.51. The summed E-state index contributed by atoms with van der Waals surface area (Å²) in [5.41, 5.74) is 6.69. The fourth-order valence-corrected chi connectivity index (χ4v) is 4.67. The van der Waals surface area contributed by atoms with Crippen molar-refractivity contribution >= 4 is 26.0 Å². The maximum absolute atomic E-state index is 12.8. The second kappa shape index (κ2) is 6.13. The fourth-order valence-electron chi connectivity index (χ4n) is 2.67. The van der Waals surface area contributed by atoms with Gasteiger partial charge in [-0.15, -0.1) is 0 Å². The smallest absolute Gasteiger partial charge is 0.243 e. The summed E-state index contributed by atoms with van der Waals surface area (Å²) in [6, 6.07) is 5.06. The first-order chi connectivity index (χ1) is 9.36. The zero-order valence-electron chi connectivity index (χ0n) is 11.8. The molecule has 1 aromatic carbocycles. The molecule has 2 unspecified atom stereocenters. The zero-order chi connectivity index (χ0) is 14.9. The van der Waals surface area contributed by atoms with Gasteiger partial charge in [-0.2, -0.15) is 4.31 Å². The quantitative estimate of drug-likeness (QED) is 0.900. The van der Waals surface area contributed by atoms with Gasteiger partial charge in [-0.3, -0.25) is 0 Å². The minimum atomic E-state index is -3.45. The molecule has 2 N–H and O–H groups in total. The van der Waals surface area contributed by atoms with E-state index in [0.29, 0.717) is 23.9 Å². The second-order valence-corrected chi connectivity index (χ2v) is 8.29. The molecule has 2 rings (SSSR count). The first kappa shape index (κ1) is 15.9. The normalized spacial score (nSPS) is 24.8. The average Bonchev–Trinajstić information content (AvgIpc) is 2.41. The van der Waals surface area contributed by atoms with Crippen molar-refractivity contribution in [2.45, 2.75) is 37.6 Å². The van der Waals surface area contributed by atoms with Crippen molar-refractivity contribution < 1.29 is 8.42 Å². The van der Waals surface area contributed by atoms with E-state index in [4.69, 9.17) is 5.73 Å². The van der Waals surface area contributed by atoms with Crippen LogP contribution >= 0.6 is 15.9 Å². The molecule has 0 aromatic heterocycles. The summed E-state index contributed by atoms with van der Waals surface area (Å²) in [6.07, 6.45) is 1.73. The molecule has 0 bridgehead atoms. The van der Waals surface area contributed by atoms with E-state index in [2.05, 4.69) is 22.9 Å². The first-order valence-corrected chi connectivity index (χ1v) is 9.07. The van der Waals surface area contributed by atoms with Gasteiger partial charge in [-0.05, 0) is 49.4 Å². The van der Waals surface area contributed by atoms with Crippen LogP contribution in [0, 0.1) is 12.8 Å². The van der Waals surface area contributed by atoms with E-state index in [0.717, 1.165) is 22.9 Å². The Morgan fingerprint density at radius 3 is 2.75 bits per heavy atom. The Balaban J connectivity index is 2.35. The summed E-state index contributed by atoms with van der Waals surface area (Å²) < 4.78 is 28.1. The molecule has 1 aliphatic rings. The van der Waals surface area contributed by atoms with Crippen LogP contribution in [0.15, 0.2) is 27.6 Å². The Hall–Kier alpha value is -0.430. The molecule has 20 heavy (non-hydrogen) atoms. The van der Waals surface area contributed by atoms with Crippen molar-refractivity contribution in [2.75, 3.05) is 13.1 Å². The highest BCUT2D eigenvalue weighted by atomic mass is 79.9. The summed E-state index contributed by atoms with van der Waals surface area (Å²) in [5, 5.41) is 0. The van der Waals surface area contributed by atoms with Crippen molar-refractivity contribution in [2.24, 2.45) is 11.7 Å².